The highest BCUT2D eigenvalue weighted by molar-refractivity contribution is 6.00. The van der Waals surface area contributed by atoms with Gasteiger partial charge in [0.25, 0.3) is 11.8 Å². The summed E-state index contributed by atoms with van der Waals surface area (Å²) < 4.78 is 18.8. The molecule has 1 aliphatic heterocycles. The Bertz CT molecular complexity index is 901. The summed E-state index contributed by atoms with van der Waals surface area (Å²) in [6.45, 7) is 8.04. The van der Waals surface area contributed by atoms with Crippen LogP contribution in [0.2, 0.25) is 0 Å². The van der Waals surface area contributed by atoms with E-state index in [2.05, 4.69) is 5.43 Å². The number of nitrogens with one attached hydrogen (secondary N) is 1. The van der Waals surface area contributed by atoms with Crippen molar-refractivity contribution in [1.29, 1.82) is 0 Å². The highest BCUT2D eigenvalue weighted by Crippen LogP contribution is 2.30. The Morgan fingerprint density at radius 3 is 2.43 bits per heavy atom. The fraction of sp³-hybridized carbons (Fsp3) is 0.364. The van der Waals surface area contributed by atoms with Crippen molar-refractivity contribution in [3.8, 4) is 5.75 Å². The minimum Gasteiger partial charge on any atom is -0.493 e. The van der Waals surface area contributed by atoms with E-state index in [0.29, 0.717) is 17.7 Å². The molecular formula is C22H25FN2O3. The molecule has 0 atom stereocenters. The van der Waals surface area contributed by atoms with Gasteiger partial charge in [-0.25, -0.2) is 9.40 Å². The Balaban J connectivity index is 1.88. The zero-order valence-electron chi connectivity index (χ0n) is 16.6. The molecule has 6 heteroatoms. The van der Waals surface area contributed by atoms with Gasteiger partial charge in [0, 0.05) is 11.1 Å². The van der Waals surface area contributed by atoms with Gasteiger partial charge in [0.2, 0.25) is 0 Å². The predicted octanol–water partition coefficient (Wildman–Crippen LogP) is 4.04. The second-order valence-electron chi connectivity index (χ2n) is 7.93. The Labute approximate surface area is 164 Å². The lowest BCUT2D eigenvalue weighted by molar-refractivity contribution is 0.0358. The number of benzene rings is 2. The number of amides is 2. The molecule has 0 unspecified atom stereocenters. The van der Waals surface area contributed by atoms with Crippen LogP contribution in [0.4, 0.5) is 4.39 Å². The van der Waals surface area contributed by atoms with Gasteiger partial charge in [-0.1, -0.05) is 0 Å². The van der Waals surface area contributed by atoms with Crippen molar-refractivity contribution in [2.75, 3.05) is 6.61 Å². The first-order valence-electron chi connectivity index (χ1n) is 9.35. The van der Waals surface area contributed by atoms with E-state index in [1.807, 2.05) is 27.7 Å². The average Bonchev–Trinajstić information content (AvgIpc) is 2.65. The largest absolute Gasteiger partial charge is 0.493 e. The van der Waals surface area contributed by atoms with Crippen LogP contribution in [0.25, 0.3) is 0 Å². The van der Waals surface area contributed by atoms with Gasteiger partial charge < -0.3 is 4.74 Å². The van der Waals surface area contributed by atoms with Crippen molar-refractivity contribution in [3.63, 3.8) is 0 Å². The smallest absolute Gasteiger partial charge is 0.272 e. The minimum atomic E-state index is -0.674. The molecular weight excluding hydrogens is 359 g/mol. The summed E-state index contributed by atoms with van der Waals surface area (Å²) in [5.41, 5.74) is 4.77. The average molecular weight is 384 g/mol. The van der Waals surface area contributed by atoms with E-state index in [1.54, 1.807) is 12.1 Å². The lowest BCUT2D eigenvalue weighted by atomic mass is 9.96. The number of ether oxygens (including phenoxy) is 1. The molecule has 3 rings (SSSR count). The summed E-state index contributed by atoms with van der Waals surface area (Å²) >= 11 is 0. The van der Waals surface area contributed by atoms with Crippen molar-refractivity contribution >= 4 is 11.8 Å². The number of hydrazine groups is 1. The summed E-state index contributed by atoms with van der Waals surface area (Å²) in [6, 6.07) is 8.79. The van der Waals surface area contributed by atoms with Crippen molar-refractivity contribution in [2.24, 2.45) is 0 Å². The molecule has 0 radical (unpaired) electrons. The van der Waals surface area contributed by atoms with E-state index < -0.39 is 17.3 Å². The molecule has 2 aromatic carbocycles. The third kappa shape index (κ3) is 4.01. The number of nitrogens with zero attached hydrogens (tertiary/aromatic N) is 1. The maximum absolute atomic E-state index is 13.2. The fourth-order valence-electron chi connectivity index (χ4n) is 3.26. The van der Waals surface area contributed by atoms with Gasteiger partial charge in [-0.2, -0.15) is 0 Å². The van der Waals surface area contributed by atoms with Crippen LogP contribution in [0.1, 0.15) is 59.0 Å². The van der Waals surface area contributed by atoms with E-state index >= 15 is 0 Å². The maximum Gasteiger partial charge on any atom is 0.272 e. The second kappa shape index (κ2) is 7.62. The van der Waals surface area contributed by atoms with Crippen molar-refractivity contribution in [2.45, 2.75) is 46.1 Å². The zero-order chi connectivity index (χ0) is 20.5. The van der Waals surface area contributed by atoms with Crippen LogP contribution in [-0.4, -0.2) is 29.0 Å². The SMILES string of the molecule is Cc1c(C(=O)NN(C(=O)c2ccc(F)cc2)C(C)(C)C)ccc2c1CCCO2. The summed E-state index contributed by atoms with van der Waals surface area (Å²) in [4.78, 5) is 25.9. The molecule has 2 amide bonds. The van der Waals surface area contributed by atoms with Crippen LogP contribution < -0.4 is 10.2 Å². The molecule has 1 N–H and O–H groups in total. The number of halogens is 1. The van der Waals surface area contributed by atoms with Gasteiger partial charge in [-0.3, -0.25) is 15.0 Å². The van der Waals surface area contributed by atoms with Crippen LogP contribution in [0.5, 0.6) is 5.75 Å². The highest BCUT2D eigenvalue weighted by atomic mass is 19.1. The molecule has 0 aliphatic carbocycles. The topological polar surface area (TPSA) is 58.6 Å². The van der Waals surface area contributed by atoms with Gasteiger partial charge in [-0.05, 0) is 88.1 Å². The third-order valence-corrected chi connectivity index (χ3v) is 4.81. The molecule has 1 heterocycles. The second-order valence-corrected chi connectivity index (χ2v) is 7.93. The van der Waals surface area contributed by atoms with E-state index in [0.717, 1.165) is 29.7 Å². The predicted molar refractivity (Wildman–Crippen MR) is 105 cm³/mol. The normalized spacial score (nSPS) is 13.3. The molecule has 0 fully saturated rings. The Kier molecular flexibility index (Phi) is 5.40. The molecule has 148 valence electrons. The summed E-state index contributed by atoms with van der Waals surface area (Å²) in [7, 11) is 0. The highest BCUT2D eigenvalue weighted by Gasteiger charge is 2.30. The number of carbonyl (C=O) groups excluding carboxylic acids is 2. The number of rotatable bonds is 2. The van der Waals surface area contributed by atoms with Crippen molar-refractivity contribution in [1.82, 2.24) is 10.4 Å². The van der Waals surface area contributed by atoms with Gasteiger partial charge >= 0.3 is 0 Å². The van der Waals surface area contributed by atoms with Crippen LogP contribution in [-0.2, 0) is 6.42 Å². The standard InChI is InChI=1S/C22H25FN2O3/c1-14-17-6-5-13-28-19(17)12-11-18(14)20(26)24-25(22(2,3)4)21(27)15-7-9-16(23)10-8-15/h7-12H,5-6,13H2,1-4H3,(H,24,26). The maximum atomic E-state index is 13.2. The van der Waals surface area contributed by atoms with Gasteiger partial charge in [0.1, 0.15) is 11.6 Å². The molecule has 0 aromatic heterocycles. The molecule has 0 spiro atoms. The van der Waals surface area contributed by atoms with Crippen molar-refractivity contribution in [3.05, 3.63) is 64.5 Å². The molecule has 5 nitrogen and oxygen atoms in total. The molecule has 0 bridgehead atoms. The monoisotopic (exact) mass is 384 g/mol. The number of hydrogen-bond donors (Lipinski definition) is 1. The first-order chi connectivity index (χ1) is 13.2. The minimum absolute atomic E-state index is 0.298. The first-order valence-corrected chi connectivity index (χ1v) is 9.35. The van der Waals surface area contributed by atoms with E-state index in [-0.39, 0.29) is 5.91 Å². The quantitative estimate of drug-likeness (QED) is 0.795. The van der Waals surface area contributed by atoms with E-state index in [4.69, 9.17) is 4.74 Å². The Morgan fingerprint density at radius 2 is 1.79 bits per heavy atom. The van der Waals surface area contributed by atoms with E-state index in [9.17, 15) is 14.0 Å². The Morgan fingerprint density at radius 1 is 1.11 bits per heavy atom. The van der Waals surface area contributed by atoms with E-state index in [1.165, 1.54) is 29.3 Å². The fourth-order valence-corrected chi connectivity index (χ4v) is 3.26. The van der Waals surface area contributed by atoms with Crippen LogP contribution in [0, 0.1) is 12.7 Å². The number of carbonyl (C=O) groups is 2. The lowest BCUT2D eigenvalue weighted by Gasteiger charge is -2.35. The van der Waals surface area contributed by atoms with Crippen LogP contribution >= 0.6 is 0 Å². The number of hydrogen-bond acceptors (Lipinski definition) is 3. The molecule has 1 aliphatic rings. The summed E-state index contributed by atoms with van der Waals surface area (Å²) in [5, 5.41) is 1.29. The molecule has 28 heavy (non-hydrogen) atoms. The van der Waals surface area contributed by atoms with Gasteiger partial charge in [0.05, 0.1) is 12.1 Å². The Hall–Kier alpha value is -2.89. The molecule has 2 aromatic rings. The van der Waals surface area contributed by atoms with Crippen LogP contribution in [0.15, 0.2) is 36.4 Å². The van der Waals surface area contributed by atoms with Gasteiger partial charge in [-0.15, -0.1) is 0 Å². The van der Waals surface area contributed by atoms with Crippen LogP contribution in [0.3, 0.4) is 0 Å². The first kappa shape index (κ1) is 19.9. The third-order valence-electron chi connectivity index (χ3n) is 4.81. The van der Waals surface area contributed by atoms with Gasteiger partial charge in [0.15, 0.2) is 0 Å². The molecule has 0 saturated carbocycles. The summed E-state index contributed by atoms with van der Waals surface area (Å²) in [6.07, 6.45) is 1.77. The molecule has 0 saturated heterocycles. The summed E-state index contributed by atoms with van der Waals surface area (Å²) in [5.74, 6) is -0.374. The van der Waals surface area contributed by atoms with Crippen molar-refractivity contribution < 1.29 is 18.7 Å². The zero-order valence-corrected chi connectivity index (χ0v) is 16.6. The number of fused-ring (bicyclic) bond motifs is 1. The lowest BCUT2D eigenvalue weighted by Crippen LogP contribution is -2.56.